The summed E-state index contributed by atoms with van der Waals surface area (Å²) in [6.45, 7) is 11.6. The van der Waals surface area contributed by atoms with E-state index >= 15 is 0 Å². The fraction of sp³-hybridized carbons (Fsp3) is 0.500. The lowest BCUT2D eigenvalue weighted by Crippen LogP contribution is -2.15. The lowest BCUT2D eigenvalue weighted by Gasteiger charge is -2.21. The Labute approximate surface area is 95.1 Å². The minimum absolute atomic E-state index is 1.10. The van der Waals surface area contributed by atoms with E-state index in [0.29, 0.717) is 0 Å². The summed E-state index contributed by atoms with van der Waals surface area (Å²) in [6.07, 6.45) is 1.15. The second-order valence-corrected chi connectivity index (χ2v) is 14.2. The van der Waals surface area contributed by atoms with Crippen molar-refractivity contribution in [3.63, 3.8) is 0 Å². The van der Waals surface area contributed by atoms with Gasteiger partial charge in [0.25, 0.3) is 0 Å². The Morgan fingerprint density at radius 1 is 1.07 bits per heavy atom. The average Bonchev–Trinajstić information content (AvgIpc) is 1.99. The molecule has 1 aromatic rings. The molecule has 0 saturated carbocycles. The van der Waals surface area contributed by atoms with Crippen LogP contribution in [0.4, 0.5) is 0 Å². The van der Waals surface area contributed by atoms with Gasteiger partial charge in [0, 0.05) is 6.16 Å². The van der Waals surface area contributed by atoms with E-state index in [1.807, 2.05) is 0 Å². The summed E-state index contributed by atoms with van der Waals surface area (Å²) >= 11 is 0. The maximum absolute atomic E-state index is 5.09. The Bertz CT molecular complexity index is 359. The molecular formula is C12H22NPSi. The highest BCUT2D eigenvalue weighted by atomic mass is 31.2. The summed E-state index contributed by atoms with van der Waals surface area (Å²) in [4.78, 5) is 0. The summed E-state index contributed by atoms with van der Waals surface area (Å²) in [5, 5.41) is 0. The molecule has 15 heavy (non-hydrogen) atoms. The smallest absolute Gasteiger partial charge is 0.170 e. The number of hydrogen-bond donors (Lipinski definition) is 0. The zero-order valence-electron chi connectivity index (χ0n) is 10.5. The first kappa shape index (κ1) is 12.7. The van der Waals surface area contributed by atoms with Crippen LogP contribution in [0.15, 0.2) is 34.7 Å². The molecule has 0 aliphatic heterocycles. The summed E-state index contributed by atoms with van der Waals surface area (Å²) in [5.41, 5.74) is 1.43. The highest BCUT2D eigenvalue weighted by Crippen LogP contribution is 2.46. The van der Waals surface area contributed by atoms with Crippen molar-refractivity contribution in [1.29, 1.82) is 0 Å². The zero-order chi connectivity index (χ0) is 11.5. The zero-order valence-corrected chi connectivity index (χ0v) is 12.4. The van der Waals surface area contributed by atoms with Gasteiger partial charge < -0.3 is 4.41 Å². The third-order valence-corrected chi connectivity index (χ3v) is 7.69. The van der Waals surface area contributed by atoms with Crippen LogP contribution in [0, 0.1) is 0 Å². The van der Waals surface area contributed by atoms with Crippen molar-refractivity contribution >= 4 is 15.3 Å². The van der Waals surface area contributed by atoms with Crippen molar-refractivity contribution in [2.45, 2.75) is 25.8 Å². The molecule has 0 saturated heterocycles. The fourth-order valence-corrected chi connectivity index (χ4v) is 9.76. The highest BCUT2D eigenvalue weighted by Gasteiger charge is 2.16. The van der Waals surface area contributed by atoms with Crippen LogP contribution in [0.3, 0.4) is 0 Å². The third kappa shape index (κ3) is 5.34. The second-order valence-electron chi connectivity index (χ2n) is 5.54. The lowest BCUT2D eigenvalue weighted by molar-refractivity contribution is 1.37. The van der Waals surface area contributed by atoms with E-state index in [-0.39, 0.29) is 0 Å². The first-order valence-corrected chi connectivity index (χ1v) is 11.7. The normalized spacial score (nSPS) is 12.6. The molecule has 0 N–H and O–H groups in total. The van der Waals surface area contributed by atoms with Crippen LogP contribution < -0.4 is 0 Å². The molecule has 1 rings (SSSR count). The van der Waals surface area contributed by atoms with Crippen molar-refractivity contribution in [2.75, 3.05) is 13.3 Å². The largest absolute Gasteiger partial charge is 0.338 e. The van der Waals surface area contributed by atoms with Crippen LogP contribution in [-0.4, -0.2) is 21.6 Å². The maximum atomic E-state index is 5.09. The number of hydrogen-bond acceptors (Lipinski definition) is 1. The average molecular weight is 239 g/mol. The molecule has 0 aromatic heterocycles. The van der Waals surface area contributed by atoms with Gasteiger partial charge in [0.2, 0.25) is 0 Å². The van der Waals surface area contributed by atoms with Crippen molar-refractivity contribution in [2.24, 2.45) is 4.41 Å². The number of rotatable bonds is 3. The highest BCUT2D eigenvalue weighted by molar-refractivity contribution is 7.65. The van der Waals surface area contributed by atoms with Crippen LogP contribution in [0.2, 0.25) is 19.6 Å². The predicted molar refractivity (Wildman–Crippen MR) is 74.7 cm³/mol. The minimum atomic E-state index is -1.27. The summed E-state index contributed by atoms with van der Waals surface area (Å²) in [7, 11) is -2.37. The van der Waals surface area contributed by atoms with Gasteiger partial charge >= 0.3 is 0 Å². The second kappa shape index (κ2) is 4.67. The van der Waals surface area contributed by atoms with E-state index in [2.05, 4.69) is 63.3 Å². The van der Waals surface area contributed by atoms with Gasteiger partial charge in [0.05, 0.1) is 0 Å². The first-order chi connectivity index (χ1) is 6.79. The summed E-state index contributed by atoms with van der Waals surface area (Å²) in [5.74, 6) is 0. The standard InChI is InChI=1S/C12H22NPSi/c1-14(2,13-15(3,4)5)11-12-9-7-6-8-10-12/h6-10H,11H2,1-5H3. The molecule has 0 amide bonds. The molecule has 0 unspecified atom stereocenters. The summed E-state index contributed by atoms with van der Waals surface area (Å²) in [6, 6.07) is 10.7. The lowest BCUT2D eigenvalue weighted by atomic mass is 10.2. The van der Waals surface area contributed by atoms with E-state index in [9.17, 15) is 0 Å². The molecule has 0 spiro atoms. The van der Waals surface area contributed by atoms with Crippen LogP contribution in [0.25, 0.3) is 0 Å². The van der Waals surface area contributed by atoms with Gasteiger partial charge in [-0.3, -0.25) is 0 Å². The molecule has 0 heterocycles. The van der Waals surface area contributed by atoms with Gasteiger partial charge in [-0.2, -0.15) is 0 Å². The van der Waals surface area contributed by atoms with Crippen molar-refractivity contribution in [1.82, 2.24) is 0 Å². The third-order valence-electron chi connectivity index (χ3n) is 1.98. The molecule has 0 aliphatic carbocycles. The molecule has 0 aliphatic rings. The summed E-state index contributed by atoms with van der Waals surface area (Å²) < 4.78 is 5.09. The van der Waals surface area contributed by atoms with E-state index in [1.54, 1.807) is 0 Å². The molecule has 0 atom stereocenters. The van der Waals surface area contributed by atoms with Gasteiger partial charge in [0.1, 0.15) is 0 Å². The van der Waals surface area contributed by atoms with E-state index in [4.69, 9.17) is 4.41 Å². The van der Waals surface area contributed by atoms with Crippen molar-refractivity contribution in [3.8, 4) is 0 Å². The Hall–Kier alpha value is -0.333. The molecule has 1 aromatic carbocycles. The van der Waals surface area contributed by atoms with Crippen LogP contribution in [0.5, 0.6) is 0 Å². The van der Waals surface area contributed by atoms with Crippen LogP contribution >= 0.6 is 7.05 Å². The quantitative estimate of drug-likeness (QED) is 0.544. The van der Waals surface area contributed by atoms with Crippen molar-refractivity contribution in [3.05, 3.63) is 35.9 Å². The Kier molecular flexibility index (Phi) is 3.97. The fourth-order valence-electron chi connectivity index (χ4n) is 1.88. The monoisotopic (exact) mass is 239 g/mol. The molecule has 0 radical (unpaired) electrons. The molecule has 84 valence electrons. The Morgan fingerprint density at radius 3 is 2.07 bits per heavy atom. The van der Waals surface area contributed by atoms with Gasteiger partial charge in [-0.15, -0.1) is 0 Å². The molecule has 3 heteroatoms. The van der Waals surface area contributed by atoms with E-state index < -0.39 is 15.3 Å². The van der Waals surface area contributed by atoms with Crippen molar-refractivity contribution < 1.29 is 0 Å². The van der Waals surface area contributed by atoms with Gasteiger partial charge in [-0.25, -0.2) is 0 Å². The van der Waals surface area contributed by atoms with Crippen LogP contribution in [-0.2, 0) is 6.16 Å². The van der Waals surface area contributed by atoms with Gasteiger partial charge in [-0.1, -0.05) is 50.0 Å². The van der Waals surface area contributed by atoms with Gasteiger partial charge in [0.15, 0.2) is 8.24 Å². The number of nitrogens with zero attached hydrogens (tertiary/aromatic N) is 1. The molecule has 0 bridgehead atoms. The molecular weight excluding hydrogens is 217 g/mol. The maximum Gasteiger partial charge on any atom is 0.170 e. The number of benzene rings is 1. The Balaban J connectivity index is 2.86. The first-order valence-electron chi connectivity index (χ1n) is 5.40. The van der Waals surface area contributed by atoms with Gasteiger partial charge in [-0.05, 0) is 25.9 Å². The molecule has 1 nitrogen and oxygen atoms in total. The van der Waals surface area contributed by atoms with Crippen LogP contribution in [0.1, 0.15) is 5.56 Å². The SMILES string of the molecule is C[Si](C)(C)N=P(C)(C)Cc1ccccc1. The molecule has 0 fully saturated rings. The van der Waals surface area contributed by atoms with E-state index in [1.165, 1.54) is 5.56 Å². The minimum Gasteiger partial charge on any atom is -0.338 e. The Morgan fingerprint density at radius 2 is 1.60 bits per heavy atom. The predicted octanol–water partition coefficient (Wildman–Crippen LogP) is 4.48. The van der Waals surface area contributed by atoms with E-state index in [0.717, 1.165) is 6.16 Å². The topological polar surface area (TPSA) is 12.4 Å².